The maximum Gasteiger partial charge on any atom is 0.0953 e. The maximum absolute atomic E-state index is 5.90. The second-order valence-electron chi connectivity index (χ2n) is 4.58. The molecule has 0 saturated carbocycles. The first kappa shape index (κ1) is 11.4. The van der Waals surface area contributed by atoms with Gasteiger partial charge in [-0.2, -0.15) is 0 Å². The van der Waals surface area contributed by atoms with Crippen LogP contribution in [-0.4, -0.2) is 33.3 Å². The number of nitrogens with one attached hydrogen (secondary N) is 1. The Bertz CT molecular complexity index is 334. The van der Waals surface area contributed by atoms with Crippen molar-refractivity contribution in [1.82, 2.24) is 5.32 Å². The minimum Gasteiger partial charge on any atom is -0.378 e. The molecule has 0 aliphatic carbocycles. The number of nitrogens with zero attached hydrogens (tertiary/aromatic N) is 1. The summed E-state index contributed by atoms with van der Waals surface area (Å²) in [6, 6.07) is 8.58. The highest BCUT2D eigenvalue weighted by Crippen LogP contribution is 2.23. The van der Waals surface area contributed by atoms with Gasteiger partial charge in [0.2, 0.25) is 0 Å². The highest BCUT2D eigenvalue weighted by molar-refractivity contribution is 5.46. The Balaban J connectivity index is 2.09. The fraction of sp³-hybridized carbons (Fsp3) is 0.538. The van der Waals surface area contributed by atoms with Crippen LogP contribution in [0.25, 0.3) is 0 Å². The van der Waals surface area contributed by atoms with Gasteiger partial charge in [-0.1, -0.05) is 12.1 Å². The van der Waals surface area contributed by atoms with Crippen LogP contribution in [0.3, 0.4) is 0 Å². The molecule has 2 rings (SSSR count). The fourth-order valence-electron chi connectivity index (χ4n) is 1.98. The lowest BCUT2D eigenvalue weighted by molar-refractivity contribution is -0.0287. The molecule has 2 atom stereocenters. The summed E-state index contributed by atoms with van der Waals surface area (Å²) in [5.41, 5.74) is 2.48. The van der Waals surface area contributed by atoms with E-state index in [4.69, 9.17) is 4.74 Å². The van der Waals surface area contributed by atoms with Crippen LogP contribution in [0.1, 0.15) is 18.6 Å². The third-order valence-corrected chi connectivity index (χ3v) is 2.94. The van der Waals surface area contributed by atoms with Crippen molar-refractivity contribution in [3.8, 4) is 0 Å². The van der Waals surface area contributed by atoms with Crippen molar-refractivity contribution < 1.29 is 4.74 Å². The van der Waals surface area contributed by atoms with Crippen molar-refractivity contribution in [2.75, 3.05) is 32.1 Å². The Hall–Kier alpha value is -1.06. The summed E-state index contributed by atoms with van der Waals surface area (Å²) in [5.74, 6) is 0. The largest absolute Gasteiger partial charge is 0.378 e. The maximum atomic E-state index is 5.90. The van der Waals surface area contributed by atoms with Gasteiger partial charge in [0, 0.05) is 32.9 Å². The number of morpholine rings is 1. The van der Waals surface area contributed by atoms with Crippen LogP contribution in [0.4, 0.5) is 5.69 Å². The van der Waals surface area contributed by atoms with Crippen molar-refractivity contribution in [2.24, 2.45) is 0 Å². The highest BCUT2D eigenvalue weighted by atomic mass is 16.5. The van der Waals surface area contributed by atoms with E-state index in [-0.39, 0.29) is 6.10 Å². The Morgan fingerprint density at radius 3 is 2.44 bits per heavy atom. The summed E-state index contributed by atoms with van der Waals surface area (Å²) < 4.78 is 5.90. The number of hydrogen-bond acceptors (Lipinski definition) is 3. The summed E-state index contributed by atoms with van der Waals surface area (Å²) in [7, 11) is 4.10. The van der Waals surface area contributed by atoms with Crippen LogP contribution in [0.2, 0.25) is 0 Å². The minimum absolute atomic E-state index is 0.194. The number of ether oxygens (including phenoxy) is 1. The van der Waals surface area contributed by atoms with E-state index in [1.165, 1.54) is 11.3 Å². The van der Waals surface area contributed by atoms with Gasteiger partial charge in [0.15, 0.2) is 0 Å². The Morgan fingerprint density at radius 1 is 1.19 bits per heavy atom. The van der Waals surface area contributed by atoms with Gasteiger partial charge in [-0.05, 0) is 24.6 Å². The molecule has 0 amide bonds. The second-order valence-corrected chi connectivity index (χ2v) is 4.58. The smallest absolute Gasteiger partial charge is 0.0953 e. The van der Waals surface area contributed by atoms with E-state index < -0.39 is 0 Å². The molecule has 0 bridgehead atoms. The van der Waals surface area contributed by atoms with Crippen LogP contribution in [-0.2, 0) is 4.74 Å². The molecular formula is C13H20N2O. The first-order chi connectivity index (χ1) is 7.66. The fourth-order valence-corrected chi connectivity index (χ4v) is 1.98. The van der Waals surface area contributed by atoms with Gasteiger partial charge in [0.25, 0.3) is 0 Å². The zero-order valence-corrected chi connectivity index (χ0v) is 10.2. The monoisotopic (exact) mass is 220 g/mol. The Morgan fingerprint density at radius 2 is 1.88 bits per heavy atom. The average molecular weight is 220 g/mol. The third kappa shape index (κ3) is 2.54. The van der Waals surface area contributed by atoms with Crippen molar-refractivity contribution in [1.29, 1.82) is 0 Å². The molecule has 3 nitrogen and oxygen atoms in total. The normalized spacial score (nSPS) is 25.4. The first-order valence-electron chi connectivity index (χ1n) is 5.80. The van der Waals surface area contributed by atoms with Gasteiger partial charge in [-0.15, -0.1) is 0 Å². The molecule has 1 aliphatic rings. The summed E-state index contributed by atoms with van der Waals surface area (Å²) in [5, 5.41) is 3.39. The highest BCUT2D eigenvalue weighted by Gasteiger charge is 2.19. The van der Waals surface area contributed by atoms with E-state index in [2.05, 4.69) is 55.5 Å². The minimum atomic E-state index is 0.194. The zero-order valence-electron chi connectivity index (χ0n) is 10.2. The van der Waals surface area contributed by atoms with Gasteiger partial charge in [-0.3, -0.25) is 0 Å². The van der Waals surface area contributed by atoms with E-state index in [1.807, 2.05) is 0 Å². The molecule has 0 spiro atoms. The van der Waals surface area contributed by atoms with E-state index >= 15 is 0 Å². The topological polar surface area (TPSA) is 24.5 Å². The Kier molecular flexibility index (Phi) is 3.46. The molecule has 1 aromatic carbocycles. The molecule has 88 valence electrons. The standard InChI is InChI=1S/C13H20N2O/c1-10-8-14-9-13(16-10)11-4-6-12(7-5-11)15(2)3/h4-7,10,13-14H,8-9H2,1-3H3. The lowest BCUT2D eigenvalue weighted by Gasteiger charge is -2.29. The number of rotatable bonds is 2. The SMILES string of the molecule is CC1CNCC(c2ccc(N(C)C)cc2)O1. The van der Waals surface area contributed by atoms with Gasteiger partial charge < -0.3 is 15.0 Å². The Labute approximate surface area is 97.4 Å². The molecule has 1 fully saturated rings. The molecular weight excluding hydrogens is 200 g/mol. The molecule has 1 aromatic rings. The third-order valence-electron chi connectivity index (χ3n) is 2.94. The van der Waals surface area contributed by atoms with Crippen molar-refractivity contribution in [3.05, 3.63) is 29.8 Å². The number of hydrogen-bond donors (Lipinski definition) is 1. The molecule has 3 heteroatoms. The predicted molar refractivity (Wildman–Crippen MR) is 66.9 cm³/mol. The van der Waals surface area contributed by atoms with Crippen LogP contribution < -0.4 is 10.2 Å². The van der Waals surface area contributed by atoms with Crippen molar-refractivity contribution in [2.45, 2.75) is 19.1 Å². The average Bonchev–Trinajstić information content (AvgIpc) is 2.29. The van der Waals surface area contributed by atoms with Gasteiger partial charge >= 0.3 is 0 Å². The zero-order chi connectivity index (χ0) is 11.5. The molecule has 2 unspecified atom stereocenters. The van der Waals surface area contributed by atoms with E-state index in [0.29, 0.717) is 6.10 Å². The molecule has 1 saturated heterocycles. The predicted octanol–water partition coefficient (Wildman–Crippen LogP) is 1.80. The first-order valence-corrected chi connectivity index (χ1v) is 5.80. The molecule has 1 heterocycles. The number of benzene rings is 1. The summed E-state index contributed by atoms with van der Waals surface area (Å²) in [4.78, 5) is 2.10. The summed E-state index contributed by atoms with van der Waals surface area (Å²) >= 11 is 0. The molecule has 0 radical (unpaired) electrons. The van der Waals surface area contributed by atoms with Gasteiger partial charge in [0.05, 0.1) is 12.2 Å². The van der Waals surface area contributed by atoms with Gasteiger partial charge in [0.1, 0.15) is 0 Å². The summed E-state index contributed by atoms with van der Waals surface area (Å²) in [6.45, 7) is 3.96. The van der Waals surface area contributed by atoms with Crippen LogP contribution >= 0.6 is 0 Å². The van der Waals surface area contributed by atoms with E-state index in [9.17, 15) is 0 Å². The van der Waals surface area contributed by atoms with Gasteiger partial charge in [-0.25, -0.2) is 0 Å². The molecule has 1 N–H and O–H groups in total. The second kappa shape index (κ2) is 4.85. The molecule has 16 heavy (non-hydrogen) atoms. The molecule has 1 aliphatic heterocycles. The molecule has 0 aromatic heterocycles. The van der Waals surface area contributed by atoms with Crippen LogP contribution in [0.5, 0.6) is 0 Å². The quantitative estimate of drug-likeness (QED) is 0.822. The van der Waals surface area contributed by atoms with Crippen molar-refractivity contribution >= 4 is 5.69 Å². The van der Waals surface area contributed by atoms with E-state index in [1.54, 1.807) is 0 Å². The lowest BCUT2D eigenvalue weighted by atomic mass is 10.1. The van der Waals surface area contributed by atoms with E-state index in [0.717, 1.165) is 13.1 Å². The van der Waals surface area contributed by atoms with Crippen molar-refractivity contribution in [3.63, 3.8) is 0 Å². The summed E-state index contributed by atoms with van der Waals surface area (Å²) in [6.07, 6.45) is 0.493. The lowest BCUT2D eigenvalue weighted by Crippen LogP contribution is -2.38. The number of anilines is 1. The van der Waals surface area contributed by atoms with Crippen LogP contribution in [0.15, 0.2) is 24.3 Å². The van der Waals surface area contributed by atoms with Crippen LogP contribution in [0, 0.1) is 0 Å².